The molecule has 1 saturated heterocycles. The van der Waals surface area contributed by atoms with Gasteiger partial charge in [-0.25, -0.2) is 23.5 Å². The standard InChI is InChI=1S/C19H23F2N5O2S/c20-17(21)14-9-16(27)26(11-22-14)10-12-5-7-25(8-6-12)19(28)24-18-23-13-3-1-2-4-15(13)29-18/h9,11-12,17H,1-8,10H2,(H,23,24,28). The summed E-state index contributed by atoms with van der Waals surface area (Å²) in [6.07, 6.45) is 4.28. The highest BCUT2D eigenvalue weighted by Crippen LogP contribution is 2.30. The summed E-state index contributed by atoms with van der Waals surface area (Å²) in [4.78, 5) is 35.8. The van der Waals surface area contributed by atoms with Gasteiger partial charge in [0.2, 0.25) is 0 Å². The van der Waals surface area contributed by atoms with Crippen molar-refractivity contribution in [3.8, 4) is 0 Å². The van der Waals surface area contributed by atoms with Crippen LogP contribution in [0.4, 0.5) is 18.7 Å². The highest BCUT2D eigenvalue weighted by atomic mass is 32.1. The molecule has 4 rings (SSSR count). The van der Waals surface area contributed by atoms with Gasteiger partial charge in [0.1, 0.15) is 5.69 Å². The summed E-state index contributed by atoms with van der Waals surface area (Å²) in [5.74, 6) is 0.197. The van der Waals surface area contributed by atoms with E-state index in [0.717, 1.165) is 43.9 Å². The van der Waals surface area contributed by atoms with Crippen molar-refractivity contribution in [1.29, 1.82) is 0 Å². The number of carbonyl (C=O) groups excluding carboxylic acids is 1. The Labute approximate surface area is 170 Å². The molecule has 2 amide bonds. The zero-order valence-electron chi connectivity index (χ0n) is 15.9. The second kappa shape index (κ2) is 8.56. The van der Waals surface area contributed by atoms with Crippen LogP contribution >= 0.6 is 11.3 Å². The number of carbonyl (C=O) groups is 1. The summed E-state index contributed by atoms with van der Waals surface area (Å²) in [5, 5.41) is 3.58. The third-order valence-electron chi connectivity index (χ3n) is 5.54. The van der Waals surface area contributed by atoms with Gasteiger partial charge < -0.3 is 4.90 Å². The summed E-state index contributed by atoms with van der Waals surface area (Å²) in [5.41, 5.74) is 0.150. The first kappa shape index (κ1) is 19.9. The smallest absolute Gasteiger partial charge is 0.323 e. The number of fused-ring (bicyclic) bond motifs is 1. The zero-order valence-corrected chi connectivity index (χ0v) is 16.8. The minimum atomic E-state index is -2.75. The first-order valence-corrected chi connectivity index (χ1v) is 10.7. The zero-order chi connectivity index (χ0) is 20.4. The maximum atomic E-state index is 12.6. The normalized spacial score (nSPS) is 17.4. The highest BCUT2D eigenvalue weighted by Gasteiger charge is 2.25. The van der Waals surface area contributed by atoms with E-state index in [0.29, 0.717) is 24.8 Å². The van der Waals surface area contributed by atoms with Crippen LogP contribution in [-0.4, -0.2) is 38.6 Å². The molecule has 10 heteroatoms. The van der Waals surface area contributed by atoms with Crippen LogP contribution < -0.4 is 10.9 Å². The average Bonchev–Trinajstić information content (AvgIpc) is 3.12. The molecule has 1 aliphatic carbocycles. The van der Waals surface area contributed by atoms with Gasteiger partial charge in [0, 0.05) is 30.6 Å². The summed E-state index contributed by atoms with van der Waals surface area (Å²) < 4.78 is 26.6. The number of hydrogen-bond donors (Lipinski definition) is 1. The molecular formula is C19H23F2N5O2S. The quantitative estimate of drug-likeness (QED) is 0.817. The SMILES string of the molecule is O=C(Nc1nc2c(s1)CCCC2)N1CCC(Cn2cnc(C(F)F)cc2=O)CC1. The number of thiazole rings is 1. The maximum Gasteiger partial charge on any atom is 0.323 e. The first-order chi connectivity index (χ1) is 14.0. The summed E-state index contributed by atoms with van der Waals surface area (Å²) >= 11 is 1.57. The van der Waals surface area contributed by atoms with Crippen molar-refractivity contribution in [2.45, 2.75) is 51.5 Å². The Balaban J connectivity index is 1.29. The Morgan fingerprint density at radius 1 is 1.28 bits per heavy atom. The van der Waals surface area contributed by atoms with Gasteiger partial charge in [0.05, 0.1) is 12.0 Å². The number of nitrogens with one attached hydrogen (secondary N) is 1. The summed E-state index contributed by atoms with van der Waals surface area (Å²) in [7, 11) is 0. The van der Waals surface area contributed by atoms with Gasteiger partial charge in [-0.1, -0.05) is 0 Å². The summed E-state index contributed by atoms with van der Waals surface area (Å²) in [6.45, 7) is 1.59. The molecule has 1 fully saturated rings. The molecule has 7 nitrogen and oxygen atoms in total. The number of aryl methyl sites for hydroxylation is 2. The van der Waals surface area contributed by atoms with E-state index in [1.165, 1.54) is 22.2 Å². The van der Waals surface area contributed by atoms with Gasteiger partial charge in [-0.3, -0.25) is 14.7 Å². The predicted molar refractivity (Wildman–Crippen MR) is 106 cm³/mol. The first-order valence-electron chi connectivity index (χ1n) is 9.88. The Bertz CT molecular complexity index is 913. The molecule has 0 aromatic carbocycles. The molecule has 2 aromatic heterocycles. The molecule has 2 aliphatic rings. The lowest BCUT2D eigenvalue weighted by atomic mass is 9.97. The molecule has 0 atom stereocenters. The van der Waals surface area contributed by atoms with Gasteiger partial charge >= 0.3 is 6.03 Å². The van der Waals surface area contributed by atoms with Crippen molar-refractivity contribution in [2.75, 3.05) is 18.4 Å². The van der Waals surface area contributed by atoms with E-state index >= 15 is 0 Å². The topological polar surface area (TPSA) is 80.1 Å². The number of nitrogens with zero attached hydrogens (tertiary/aromatic N) is 4. The predicted octanol–water partition coefficient (Wildman–Crippen LogP) is 3.46. The number of rotatable bonds is 4. The number of amides is 2. The molecule has 0 unspecified atom stereocenters. The van der Waals surface area contributed by atoms with Crippen molar-refractivity contribution >= 4 is 22.5 Å². The van der Waals surface area contributed by atoms with Crippen LogP contribution in [0.1, 0.15) is 48.4 Å². The lowest BCUT2D eigenvalue weighted by Crippen LogP contribution is -2.42. The third-order valence-corrected chi connectivity index (χ3v) is 6.61. The molecule has 3 heterocycles. The minimum absolute atomic E-state index is 0.144. The number of piperidine rings is 1. The second-order valence-corrected chi connectivity index (χ2v) is 8.65. The van der Waals surface area contributed by atoms with Crippen LogP contribution in [0.15, 0.2) is 17.2 Å². The highest BCUT2D eigenvalue weighted by molar-refractivity contribution is 7.15. The van der Waals surface area contributed by atoms with Crippen molar-refractivity contribution in [3.63, 3.8) is 0 Å². The fourth-order valence-corrected chi connectivity index (χ4v) is 4.91. The van der Waals surface area contributed by atoms with Crippen LogP contribution in [0.25, 0.3) is 0 Å². The fourth-order valence-electron chi connectivity index (χ4n) is 3.87. The van der Waals surface area contributed by atoms with Crippen LogP contribution in [0.2, 0.25) is 0 Å². The van der Waals surface area contributed by atoms with E-state index in [-0.39, 0.29) is 11.9 Å². The van der Waals surface area contributed by atoms with Gasteiger partial charge in [0.25, 0.3) is 12.0 Å². The number of halogens is 2. The van der Waals surface area contributed by atoms with Crippen LogP contribution in [0, 0.1) is 5.92 Å². The molecule has 0 spiro atoms. The number of anilines is 1. The average molecular weight is 423 g/mol. The molecule has 1 N–H and O–H groups in total. The van der Waals surface area contributed by atoms with E-state index in [1.807, 2.05) is 0 Å². The number of alkyl halides is 2. The Hall–Kier alpha value is -2.36. The molecule has 29 heavy (non-hydrogen) atoms. The van der Waals surface area contributed by atoms with Crippen molar-refractivity contribution < 1.29 is 13.6 Å². The number of likely N-dealkylation sites (tertiary alicyclic amines) is 1. The Kier molecular flexibility index (Phi) is 5.89. The molecule has 0 bridgehead atoms. The molecule has 1 aliphatic heterocycles. The van der Waals surface area contributed by atoms with Crippen LogP contribution in [0.5, 0.6) is 0 Å². The van der Waals surface area contributed by atoms with Crippen molar-refractivity contribution in [1.82, 2.24) is 19.4 Å². The van der Waals surface area contributed by atoms with Crippen LogP contribution in [0.3, 0.4) is 0 Å². The molecule has 0 saturated carbocycles. The minimum Gasteiger partial charge on any atom is -0.324 e. The monoisotopic (exact) mass is 423 g/mol. The molecule has 0 radical (unpaired) electrons. The van der Waals surface area contributed by atoms with Gasteiger partial charge in [-0.05, 0) is 44.4 Å². The molecule has 156 valence electrons. The van der Waals surface area contributed by atoms with Crippen molar-refractivity contribution in [3.05, 3.63) is 39.0 Å². The number of hydrogen-bond acceptors (Lipinski definition) is 5. The van der Waals surface area contributed by atoms with Gasteiger partial charge in [-0.15, -0.1) is 11.3 Å². The summed E-state index contributed by atoms with van der Waals surface area (Å²) in [6, 6.07) is 0.746. The largest absolute Gasteiger partial charge is 0.324 e. The van der Waals surface area contributed by atoms with E-state index < -0.39 is 17.7 Å². The fraction of sp³-hybridized carbons (Fsp3) is 0.579. The Morgan fingerprint density at radius 3 is 2.72 bits per heavy atom. The number of aromatic nitrogens is 3. The molecule has 2 aromatic rings. The van der Waals surface area contributed by atoms with Crippen molar-refractivity contribution in [2.24, 2.45) is 5.92 Å². The lowest BCUT2D eigenvalue weighted by Gasteiger charge is -2.31. The number of urea groups is 1. The Morgan fingerprint density at radius 2 is 2.03 bits per heavy atom. The third kappa shape index (κ3) is 4.63. The maximum absolute atomic E-state index is 12.6. The lowest BCUT2D eigenvalue weighted by molar-refractivity contribution is 0.145. The van der Waals surface area contributed by atoms with E-state index in [4.69, 9.17) is 0 Å². The second-order valence-electron chi connectivity index (χ2n) is 7.56. The van der Waals surface area contributed by atoms with Crippen LogP contribution in [-0.2, 0) is 19.4 Å². The van der Waals surface area contributed by atoms with E-state index in [1.54, 1.807) is 16.2 Å². The van der Waals surface area contributed by atoms with Gasteiger partial charge in [-0.2, -0.15) is 0 Å². The van der Waals surface area contributed by atoms with E-state index in [9.17, 15) is 18.4 Å². The van der Waals surface area contributed by atoms with E-state index in [2.05, 4.69) is 15.3 Å². The van der Waals surface area contributed by atoms with Gasteiger partial charge in [0.15, 0.2) is 5.13 Å². The molecular weight excluding hydrogens is 400 g/mol.